The number of hydrogen-bond donors (Lipinski definition) is 3. The van der Waals surface area contributed by atoms with E-state index in [1.807, 2.05) is 12.1 Å². The van der Waals surface area contributed by atoms with E-state index in [-0.39, 0.29) is 12.1 Å². The zero-order chi connectivity index (χ0) is 13.7. The summed E-state index contributed by atoms with van der Waals surface area (Å²) in [5.41, 5.74) is 1.14. The van der Waals surface area contributed by atoms with E-state index in [0.717, 1.165) is 17.9 Å². The predicted octanol–water partition coefficient (Wildman–Crippen LogP) is 2.44. The highest BCUT2D eigenvalue weighted by Crippen LogP contribution is 2.37. The molecule has 1 aromatic rings. The van der Waals surface area contributed by atoms with Crippen LogP contribution in [0.5, 0.6) is 0 Å². The third-order valence-electron chi connectivity index (χ3n) is 3.99. The molecule has 1 aliphatic carbocycles. The number of halogens is 1. The van der Waals surface area contributed by atoms with Crippen LogP contribution in [0.4, 0.5) is 0 Å². The van der Waals surface area contributed by atoms with E-state index in [1.165, 1.54) is 24.8 Å². The van der Waals surface area contributed by atoms with Gasteiger partial charge >= 0.3 is 0 Å². The van der Waals surface area contributed by atoms with Gasteiger partial charge < -0.3 is 15.5 Å². The summed E-state index contributed by atoms with van der Waals surface area (Å²) in [4.78, 5) is 0. The van der Waals surface area contributed by atoms with Gasteiger partial charge in [0.1, 0.15) is 0 Å². The summed E-state index contributed by atoms with van der Waals surface area (Å²) in [6, 6.07) is 7.95. The fourth-order valence-corrected chi connectivity index (χ4v) is 3.00. The lowest BCUT2D eigenvalue weighted by Gasteiger charge is -2.39. The average Bonchev–Trinajstić information content (AvgIpc) is 2.46. The molecule has 0 spiro atoms. The van der Waals surface area contributed by atoms with Gasteiger partial charge in [0.05, 0.1) is 12.7 Å². The van der Waals surface area contributed by atoms with Crippen LogP contribution in [0.2, 0.25) is 5.02 Å². The first-order valence-electron chi connectivity index (χ1n) is 6.96. The third kappa shape index (κ3) is 3.69. The molecule has 4 heteroatoms. The summed E-state index contributed by atoms with van der Waals surface area (Å²) in [5.74, 6) is 0. The molecule has 3 nitrogen and oxygen atoms in total. The van der Waals surface area contributed by atoms with E-state index < -0.39 is 6.10 Å². The minimum Gasteiger partial charge on any atom is -0.394 e. The molecule has 0 heterocycles. The lowest BCUT2D eigenvalue weighted by molar-refractivity contribution is 0.0800. The molecule has 1 aliphatic rings. The number of benzene rings is 1. The molecule has 0 aliphatic heterocycles. The molecule has 0 saturated heterocycles. The summed E-state index contributed by atoms with van der Waals surface area (Å²) in [7, 11) is 0. The Kier molecular flexibility index (Phi) is 5.22. The third-order valence-corrected chi connectivity index (χ3v) is 4.24. The van der Waals surface area contributed by atoms with Crippen LogP contribution in [0.3, 0.4) is 0 Å². The van der Waals surface area contributed by atoms with Gasteiger partial charge in [0.15, 0.2) is 0 Å². The zero-order valence-corrected chi connectivity index (χ0v) is 11.9. The van der Waals surface area contributed by atoms with Crippen molar-refractivity contribution < 1.29 is 10.2 Å². The number of hydrogen-bond acceptors (Lipinski definition) is 3. The van der Waals surface area contributed by atoms with Crippen molar-refractivity contribution in [1.82, 2.24) is 5.32 Å². The molecule has 2 rings (SSSR count). The van der Waals surface area contributed by atoms with Crippen molar-refractivity contribution >= 4 is 11.6 Å². The Morgan fingerprint density at radius 2 is 1.79 bits per heavy atom. The number of aliphatic hydroxyl groups excluding tert-OH is 2. The summed E-state index contributed by atoms with van der Waals surface area (Å²) >= 11 is 5.95. The van der Waals surface area contributed by atoms with Crippen molar-refractivity contribution in [2.75, 3.05) is 13.2 Å². The average molecular weight is 284 g/mol. The van der Waals surface area contributed by atoms with Crippen LogP contribution in [0, 0.1) is 0 Å². The standard InChI is InChI=1S/C15H22ClNO2/c16-13-6-4-12(5-7-13)15(8-2-1-3-9-15)17-10-14(19)11-18/h4-7,14,17-19H,1-3,8-11H2/t14-/m0/s1. The number of rotatable bonds is 5. The minimum absolute atomic E-state index is 0.0843. The van der Waals surface area contributed by atoms with Crippen molar-refractivity contribution in [2.24, 2.45) is 0 Å². The van der Waals surface area contributed by atoms with Gasteiger partial charge in [0.25, 0.3) is 0 Å². The summed E-state index contributed by atoms with van der Waals surface area (Å²) < 4.78 is 0. The molecule has 0 radical (unpaired) electrons. The minimum atomic E-state index is -0.703. The molecular weight excluding hydrogens is 262 g/mol. The molecule has 1 aromatic carbocycles. The largest absolute Gasteiger partial charge is 0.394 e. The Morgan fingerprint density at radius 3 is 2.37 bits per heavy atom. The zero-order valence-electron chi connectivity index (χ0n) is 11.1. The predicted molar refractivity (Wildman–Crippen MR) is 77.3 cm³/mol. The van der Waals surface area contributed by atoms with Crippen molar-refractivity contribution in [3.8, 4) is 0 Å². The van der Waals surface area contributed by atoms with E-state index in [4.69, 9.17) is 16.7 Å². The van der Waals surface area contributed by atoms with E-state index in [2.05, 4.69) is 17.4 Å². The molecule has 0 aromatic heterocycles. The molecule has 106 valence electrons. The first kappa shape index (κ1) is 14.8. The smallest absolute Gasteiger partial charge is 0.0895 e. The van der Waals surface area contributed by atoms with Crippen LogP contribution < -0.4 is 5.32 Å². The van der Waals surface area contributed by atoms with Crippen LogP contribution in [-0.4, -0.2) is 29.5 Å². The summed E-state index contributed by atoms with van der Waals surface area (Å²) in [5, 5.41) is 22.7. The highest BCUT2D eigenvalue weighted by atomic mass is 35.5. The molecule has 1 atom stereocenters. The van der Waals surface area contributed by atoms with Crippen molar-refractivity contribution in [2.45, 2.75) is 43.7 Å². The van der Waals surface area contributed by atoms with Crippen molar-refractivity contribution in [3.05, 3.63) is 34.9 Å². The fraction of sp³-hybridized carbons (Fsp3) is 0.600. The van der Waals surface area contributed by atoms with Gasteiger partial charge in [-0.15, -0.1) is 0 Å². The maximum absolute atomic E-state index is 9.56. The molecule has 3 N–H and O–H groups in total. The lowest BCUT2D eigenvalue weighted by atomic mass is 9.76. The Bertz CT molecular complexity index is 388. The topological polar surface area (TPSA) is 52.5 Å². The second-order valence-electron chi connectivity index (χ2n) is 5.37. The molecule has 1 fully saturated rings. The Hall–Kier alpha value is -0.610. The second-order valence-corrected chi connectivity index (χ2v) is 5.80. The first-order chi connectivity index (χ1) is 9.16. The molecule has 0 bridgehead atoms. The first-order valence-corrected chi connectivity index (χ1v) is 7.34. The Labute approximate surface area is 119 Å². The molecule has 19 heavy (non-hydrogen) atoms. The Morgan fingerprint density at radius 1 is 1.16 bits per heavy atom. The summed E-state index contributed by atoms with van der Waals surface area (Å²) in [6.45, 7) is 0.211. The maximum Gasteiger partial charge on any atom is 0.0895 e. The van der Waals surface area contributed by atoms with Gasteiger partial charge in [0, 0.05) is 17.1 Å². The quantitative estimate of drug-likeness (QED) is 0.778. The van der Waals surface area contributed by atoms with Gasteiger partial charge in [-0.3, -0.25) is 0 Å². The van der Waals surface area contributed by atoms with Gasteiger partial charge in [-0.1, -0.05) is 43.0 Å². The van der Waals surface area contributed by atoms with E-state index in [0.29, 0.717) is 6.54 Å². The molecule has 0 amide bonds. The highest BCUT2D eigenvalue weighted by molar-refractivity contribution is 6.30. The fourth-order valence-electron chi connectivity index (χ4n) is 2.87. The van der Waals surface area contributed by atoms with Crippen LogP contribution in [0.15, 0.2) is 24.3 Å². The van der Waals surface area contributed by atoms with Gasteiger partial charge in [-0.2, -0.15) is 0 Å². The molecule has 1 saturated carbocycles. The highest BCUT2D eigenvalue weighted by Gasteiger charge is 2.33. The van der Waals surface area contributed by atoms with Crippen LogP contribution >= 0.6 is 11.6 Å². The normalized spacial score (nSPS) is 20.2. The van der Waals surface area contributed by atoms with Crippen molar-refractivity contribution in [1.29, 1.82) is 0 Å². The van der Waals surface area contributed by atoms with E-state index in [9.17, 15) is 5.11 Å². The maximum atomic E-state index is 9.56. The van der Waals surface area contributed by atoms with E-state index in [1.54, 1.807) is 0 Å². The molecule has 0 unspecified atom stereocenters. The monoisotopic (exact) mass is 283 g/mol. The van der Waals surface area contributed by atoms with Crippen LogP contribution in [-0.2, 0) is 5.54 Å². The van der Waals surface area contributed by atoms with Crippen molar-refractivity contribution in [3.63, 3.8) is 0 Å². The SMILES string of the molecule is OC[C@@H](O)CNC1(c2ccc(Cl)cc2)CCCCC1. The lowest BCUT2D eigenvalue weighted by Crippen LogP contribution is -2.47. The van der Waals surface area contributed by atoms with Gasteiger partial charge in [-0.25, -0.2) is 0 Å². The van der Waals surface area contributed by atoms with Gasteiger partial charge in [0.2, 0.25) is 0 Å². The Balaban J connectivity index is 2.16. The van der Waals surface area contributed by atoms with Gasteiger partial charge in [-0.05, 0) is 30.5 Å². The number of aliphatic hydroxyl groups is 2. The van der Waals surface area contributed by atoms with E-state index >= 15 is 0 Å². The van der Waals surface area contributed by atoms with Crippen LogP contribution in [0.1, 0.15) is 37.7 Å². The van der Waals surface area contributed by atoms with Crippen LogP contribution in [0.25, 0.3) is 0 Å². The number of nitrogens with one attached hydrogen (secondary N) is 1. The second kappa shape index (κ2) is 6.71. The summed E-state index contributed by atoms with van der Waals surface area (Å²) in [6.07, 6.45) is 5.06. The molecular formula is C15H22ClNO2.